The van der Waals surface area contributed by atoms with E-state index in [1.807, 2.05) is 36.4 Å². The molecule has 1 aromatic heterocycles. The summed E-state index contributed by atoms with van der Waals surface area (Å²) in [6.45, 7) is 5.25. The van der Waals surface area contributed by atoms with E-state index in [0.29, 0.717) is 18.5 Å². The van der Waals surface area contributed by atoms with Gasteiger partial charge in [0.05, 0.1) is 24.2 Å². The van der Waals surface area contributed by atoms with Crippen LogP contribution in [0.25, 0.3) is 10.8 Å². The number of carbonyl (C=O) groups is 7. The summed E-state index contributed by atoms with van der Waals surface area (Å²) >= 11 is 0. The van der Waals surface area contributed by atoms with Gasteiger partial charge in [-0.25, -0.2) is 9.78 Å². The summed E-state index contributed by atoms with van der Waals surface area (Å²) in [4.78, 5) is 106. The number of likely N-dealkylation sites (N-methyl/N-ethyl adjacent to an activating group) is 1. The second kappa shape index (κ2) is 19.0. The number of fused-ring (bicyclic) bond motifs is 1. The SMILES string of the molecule is CN(C(=O)[C@@H](NC(=O)[C@@H](NC(=O)c1cnccn1)C1CCCCC1)C(C)(C)C)C1CN(C(=O)Nc2ccc3ccccc3c2)CC1C(=O)N[C@@H](CC1CCC1)C(=O)C(N)=O. The van der Waals surface area contributed by atoms with Gasteiger partial charge < -0.3 is 36.8 Å². The number of nitrogens with zero attached hydrogens (tertiary/aromatic N) is 4. The first kappa shape index (κ1) is 43.6. The molecule has 1 aliphatic heterocycles. The molecule has 0 radical (unpaired) electrons. The van der Waals surface area contributed by atoms with Crippen molar-refractivity contribution in [1.29, 1.82) is 0 Å². The molecule has 3 aromatic rings. The van der Waals surface area contributed by atoms with Gasteiger partial charge >= 0.3 is 6.03 Å². The Labute approximate surface area is 350 Å². The quantitative estimate of drug-likeness (QED) is 0.150. The largest absolute Gasteiger partial charge is 0.363 e. The lowest BCUT2D eigenvalue weighted by Crippen LogP contribution is -2.61. The van der Waals surface area contributed by atoms with Crippen LogP contribution in [0.5, 0.6) is 0 Å². The number of nitrogens with two attached hydrogens (primary N) is 1. The second-order valence-electron chi connectivity index (χ2n) is 17.6. The molecule has 0 spiro atoms. The minimum absolute atomic E-state index is 0.0551. The van der Waals surface area contributed by atoms with Crippen LogP contribution in [0.15, 0.2) is 61.1 Å². The van der Waals surface area contributed by atoms with Gasteiger partial charge in [-0.05, 0) is 59.4 Å². The number of likely N-dealkylation sites (tertiary alicyclic amines) is 1. The summed E-state index contributed by atoms with van der Waals surface area (Å²) in [6, 6.07) is 8.58. The molecular formula is C44H57N9O7. The Bertz CT molecular complexity index is 2080. The van der Waals surface area contributed by atoms with Gasteiger partial charge in [0.1, 0.15) is 17.8 Å². The zero-order chi connectivity index (χ0) is 43.1. The summed E-state index contributed by atoms with van der Waals surface area (Å²) in [5, 5.41) is 13.4. The van der Waals surface area contributed by atoms with Gasteiger partial charge in [0, 0.05) is 38.2 Å². The van der Waals surface area contributed by atoms with E-state index < -0.39 is 76.9 Å². The number of hydrogen-bond donors (Lipinski definition) is 5. The Morgan fingerprint density at radius 3 is 2.22 bits per heavy atom. The summed E-state index contributed by atoms with van der Waals surface area (Å²) in [7, 11) is 1.53. The van der Waals surface area contributed by atoms with Gasteiger partial charge in [-0.15, -0.1) is 0 Å². The molecule has 5 atom stereocenters. The highest BCUT2D eigenvalue weighted by molar-refractivity contribution is 6.37. The fourth-order valence-corrected chi connectivity index (χ4v) is 8.56. The highest BCUT2D eigenvalue weighted by atomic mass is 16.2. The molecule has 3 fully saturated rings. The molecule has 3 aliphatic rings. The standard InChI is InChI=1S/C44H57N9O7/c1-44(2,3)37(51-41(58)35(28-14-6-5-7-15-28)50-40(57)33-23-46-19-20-47-33)42(59)52(4)34-25-53(43(60)48-30-18-17-27-13-8-9-16-29(27)22-30)24-31(34)39(56)49-32(36(54)38(45)55)21-26-11-10-12-26/h8-9,13,16-20,22-23,26,28,31-32,34-35,37H,5-7,10-12,14-15,21,24-25H2,1-4H3,(H2,45,55)(H,48,60)(H,49,56)(H,50,57)(H,51,58)/t31?,32-,34?,35-,37+/m0/s1. The summed E-state index contributed by atoms with van der Waals surface area (Å²) < 4.78 is 0. The van der Waals surface area contributed by atoms with Crippen LogP contribution in [-0.2, 0) is 24.0 Å². The zero-order valence-corrected chi connectivity index (χ0v) is 34.8. The third-order valence-electron chi connectivity index (χ3n) is 12.3. The van der Waals surface area contributed by atoms with Gasteiger partial charge in [-0.3, -0.25) is 33.8 Å². The highest BCUT2D eigenvalue weighted by Crippen LogP contribution is 2.32. The molecule has 6 rings (SSSR count). The molecule has 6 N–H and O–H groups in total. The van der Waals surface area contributed by atoms with E-state index in [2.05, 4.69) is 31.2 Å². The Kier molecular flexibility index (Phi) is 13.8. The number of Topliss-reactive ketones (excluding diaryl/α,β-unsaturated/α-hetero) is 1. The van der Waals surface area contributed by atoms with Crippen molar-refractivity contribution >= 4 is 57.8 Å². The van der Waals surface area contributed by atoms with Crippen molar-refractivity contribution in [2.24, 2.45) is 28.9 Å². The molecule has 16 nitrogen and oxygen atoms in total. The number of hydrogen-bond acceptors (Lipinski definition) is 9. The molecular weight excluding hydrogens is 767 g/mol. The van der Waals surface area contributed by atoms with Gasteiger partial charge in [-0.2, -0.15) is 0 Å². The van der Waals surface area contributed by atoms with Crippen molar-refractivity contribution in [2.75, 3.05) is 25.5 Å². The molecule has 2 aromatic carbocycles. The topological polar surface area (TPSA) is 226 Å². The maximum Gasteiger partial charge on any atom is 0.321 e. The van der Waals surface area contributed by atoms with E-state index in [0.717, 1.165) is 49.3 Å². The third-order valence-corrected chi connectivity index (χ3v) is 12.3. The maximum absolute atomic E-state index is 14.8. The van der Waals surface area contributed by atoms with Crippen LogP contribution < -0.4 is 27.0 Å². The monoisotopic (exact) mass is 823 g/mol. The third kappa shape index (κ3) is 10.4. The number of nitrogens with one attached hydrogen (secondary N) is 4. The van der Waals surface area contributed by atoms with Gasteiger partial charge in [0.15, 0.2) is 0 Å². The van der Waals surface area contributed by atoms with Crippen molar-refractivity contribution in [1.82, 2.24) is 35.7 Å². The highest BCUT2D eigenvalue weighted by Gasteiger charge is 2.47. The first-order valence-electron chi connectivity index (χ1n) is 20.9. The van der Waals surface area contributed by atoms with Gasteiger partial charge in [0.2, 0.25) is 23.5 Å². The number of aromatic nitrogens is 2. The zero-order valence-electron chi connectivity index (χ0n) is 34.8. The Morgan fingerprint density at radius 2 is 1.58 bits per heavy atom. The molecule has 7 amide bonds. The van der Waals surface area contributed by atoms with Crippen LogP contribution in [0.3, 0.4) is 0 Å². The number of urea groups is 1. The Hall–Kier alpha value is -5.93. The minimum Gasteiger partial charge on any atom is -0.363 e. The molecule has 1 saturated heterocycles. The van der Waals surface area contributed by atoms with E-state index >= 15 is 0 Å². The normalized spacial score (nSPS) is 19.9. The van der Waals surface area contributed by atoms with E-state index in [1.165, 1.54) is 35.4 Å². The van der Waals surface area contributed by atoms with E-state index in [9.17, 15) is 33.6 Å². The fraction of sp³-hybridized carbons (Fsp3) is 0.523. The smallest absolute Gasteiger partial charge is 0.321 e. The average Bonchev–Trinajstić information content (AvgIpc) is 3.68. The van der Waals surface area contributed by atoms with Crippen molar-refractivity contribution in [3.8, 4) is 0 Å². The van der Waals surface area contributed by atoms with Crippen molar-refractivity contribution in [2.45, 2.75) is 103 Å². The molecule has 16 heteroatoms. The Morgan fingerprint density at radius 1 is 0.867 bits per heavy atom. The van der Waals surface area contributed by atoms with E-state index in [1.54, 1.807) is 26.8 Å². The molecule has 2 saturated carbocycles. The molecule has 2 aliphatic carbocycles. The number of amides is 7. The number of carbonyl (C=O) groups excluding carboxylic acids is 7. The summed E-state index contributed by atoms with van der Waals surface area (Å²) in [5.74, 6) is -5.34. The Balaban J connectivity index is 1.25. The maximum atomic E-state index is 14.8. The first-order chi connectivity index (χ1) is 28.6. The minimum atomic E-state index is -1.16. The van der Waals surface area contributed by atoms with Crippen LogP contribution >= 0.6 is 0 Å². The second-order valence-corrected chi connectivity index (χ2v) is 17.6. The summed E-state index contributed by atoms with van der Waals surface area (Å²) in [5.41, 5.74) is 5.15. The molecule has 2 unspecified atom stereocenters. The van der Waals surface area contributed by atoms with Crippen LogP contribution in [-0.4, -0.2) is 105 Å². The van der Waals surface area contributed by atoms with Crippen LogP contribution in [0, 0.1) is 23.2 Å². The number of benzene rings is 2. The van der Waals surface area contributed by atoms with Crippen LogP contribution in [0.2, 0.25) is 0 Å². The van der Waals surface area contributed by atoms with E-state index in [4.69, 9.17) is 5.73 Å². The van der Waals surface area contributed by atoms with Crippen molar-refractivity contribution in [3.05, 3.63) is 66.7 Å². The van der Waals surface area contributed by atoms with Gasteiger partial charge in [0.25, 0.3) is 11.8 Å². The lowest BCUT2D eigenvalue weighted by Gasteiger charge is -2.38. The van der Waals surface area contributed by atoms with Gasteiger partial charge in [-0.1, -0.05) is 89.6 Å². The van der Waals surface area contributed by atoms with Crippen LogP contribution in [0.4, 0.5) is 10.5 Å². The number of rotatable bonds is 14. The van der Waals surface area contributed by atoms with E-state index in [-0.39, 0.29) is 37.0 Å². The lowest BCUT2D eigenvalue weighted by molar-refractivity contribution is -0.143. The molecule has 0 bridgehead atoms. The molecule has 320 valence electrons. The predicted molar refractivity (Wildman–Crippen MR) is 224 cm³/mol. The van der Waals surface area contributed by atoms with Crippen LogP contribution in [0.1, 0.15) is 89.0 Å². The molecule has 2 heterocycles. The number of ketones is 1. The first-order valence-corrected chi connectivity index (χ1v) is 20.9. The average molecular weight is 824 g/mol. The van der Waals surface area contributed by atoms with Crippen molar-refractivity contribution in [3.63, 3.8) is 0 Å². The number of anilines is 1. The number of primary amides is 1. The van der Waals surface area contributed by atoms with Crippen molar-refractivity contribution < 1.29 is 33.6 Å². The molecule has 60 heavy (non-hydrogen) atoms. The lowest BCUT2D eigenvalue weighted by atomic mass is 9.80. The predicted octanol–water partition coefficient (Wildman–Crippen LogP) is 3.56. The summed E-state index contributed by atoms with van der Waals surface area (Å²) in [6.07, 6.45) is 11.3. The fourth-order valence-electron chi connectivity index (χ4n) is 8.56.